The highest BCUT2D eigenvalue weighted by atomic mass is 16.7. The maximum absolute atomic E-state index is 12.9. The number of imidazole rings is 1. The molecule has 4 N–H and O–H groups in total. The highest BCUT2D eigenvalue weighted by molar-refractivity contribution is 5.87. The van der Waals surface area contributed by atoms with Crippen LogP contribution in [-0.4, -0.2) is 63.2 Å². The van der Waals surface area contributed by atoms with E-state index in [0.717, 1.165) is 71.3 Å². The molecule has 5 aromatic rings. The third-order valence-corrected chi connectivity index (χ3v) is 10.9. The van der Waals surface area contributed by atoms with Gasteiger partial charge in [0.05, 0.1) is 35.9 Å². The quantitative estimate of drug-likeness (QED) is 0.125. The zero-order valence-electron chi connectivity index (χ0n) is 30.8. The maximum atomic E-state index is 12.9. The number of hydrogen-bond acceptors (Lipinski definition) is 7. The summed E-state index contributed by atoms with van der Waals surface area (Å²) >= 11 is 0. The van der Waals surface area contributed by atoms with Gasteiger partial charge < -0.3 is 35.1 Å². The van der Waals surface area contributed by atoms with Crippen molar-refractivity contribution in [3.05, 3.63) is 141 Å². The normalized spacial score (nSPS) is 21.5. The lowest BCUT2D eigenvalue weighted by Crippen LogP contribution is -2.47. The van der Waals surface area contributed by atoms with Crippen molar-refractivity contribution >= 4 is 22.8 Å². The number of nitrogens with one attached hydrogen (secondary N) is 3. The molecule has 2 fully saturated rings. The molecule has 5 unspecified atom stereocenters. The molecule has 11 nitrogen and oxygen atoms in total. The Labute approximate surface area is 315 Å². The van der Waals surface area contributed by atoms with E-state index in [1.54, 1.807) is 0 Å². The van der Waals surface area contributed by atoms with Gasteiger partial charge >= 0.3 is 11.7 Å². The Balaban J connectivity index is 1.00. The van der Waals surface area contributed by atoms with E-state index in [1.165, 1.54) is 6.92 Å². The van der Waals surface area contributed by atoms with Gasteiger partial charge in [-0.2, -0.15) is 0 Å². The number of Topliss-reactive ketones (excluding diaryl/α,β-unsaturated/α-hetero) is 1. The number of para-hydroxylation sites is 2. The Morgan fingerprint density at radius 3 is 2.22 bits per heavy atom. The Morgan fingerprint density at radius 2 is 1.52 bits per heavy atom. The fourth-order valence-corrected chi connectivity index (χ4v) is 7.71. The molecule has 7 rings (SSSR count). The number of H-pyrrole nitrogens is 1. The Morgan fingerprint density at radius 1 is 0.852 bits per heavy atom. The molecule has 2 aliphatic rings. The Kier molecular flexibility index (Phi) is 11.7. The van der Waals surface area contributed by atoms with E-state index in [-0.39, 0.29) is 48.8 Å². The molecule has 54 heavy (non-hydrogen) atoms. The van der Waals surface area contributed by atoms with Crippen molar-refractivity contribution in [3.63, 3.8) is 0 Å². The zero-order chi connectivity index (χ0) is 37.6. The average Bonchev–Trinajstić information content (AvgIpc) is 3.54. The van der Waals surface area contributed by atoms with E-state index in [0.29, 0.717) is 6.42 Å². The van der Waals surface area contributed by atoms with Gasteiger partial charge in [0.25, 0.3) is 0 Å². The molecule has 2 amide bonds. The molecule has 2 aliphatic heterocycles. The fraction of sp³-hybridized carbons (Fsp3) is 0.372. The standard InChI is InChI=1S/C43H49N5O6/c1-28-39(26-47-22-20-35(21-23-47)48-38-11-7-6-10-36(38)46-43(48)52)53-41(54-40(28)33-16-14-32(27-49)15-17-33)34-18-12-31(13-19-34)25-44-42(51)45-37(29(2)50)24-30-8-4-3-5-9-30/h3-19,28,35,37,39-41,49H,20-27H2,1-2H3,(H,46,52)(H2,44,45,51). The number of ketones is 1. The second kappa shape index (κ2) is 16.9. The van der Waals surface area contributed by atoms with Crippen LogP contribution in [0.15, 0.2) is 108 Å². The first kappa shape index (κ1) is 37.3. The van der Waals surface area contributed by atoms with E-state index in [4.69, 9.17) is 9.47 Å². The van der Waals surface area contributed by atoms with Crippen LogP contribution in [0.3, 0.4) is 0 Å². The van der Waals surface area contributed by atoms with Crippen molar-refractivity contribution < 1.29 is 24.2 Å². The lowest BCUT2D eigenvalue weighted by atomic mass is 9.89. The van der Waals surface area contributed by atoms with Crippen molar-refractivity contribution in [2.75, 3.05) is 19.6 Å². The van der Waals surface area contributed by atoms with Crippen molar-refractivity contribution in [1.82, 2.24) is 25.1 Å². The lowest BCUT2D eigenvalue weighted by Gasteiger charge is -2.44. The van der Waals surface area contributed by atoms with Crippen LogP contribution in [0.4, 0.5) is 4.79 Å². The van der Waals surface area contributed by atoms with Gasteiger partial charge in [0.2, 0.25) is 0 Å². The number of fused-ring (bicyclic) bond motifs is 1. The summed E-state index contributed by atoms with van der Waals surface area (Å²) in [4.78, 5) is 43.3. The number of aliphatic hydroxyl groups excluding tert-OH is 1. The van der Waals surface area contributed by atoms with E-state index in [1.807, 2.05) is 108 Å². The number of carbonyl (C=O) groups excluding carboxylic acids is 2. The number of urea groups is 1. The molecule has 5 atom stereocenters. The minimum Gasteiger partial charge on any atom is -0.392 e. The third kappa shape index (κ3) is 8.66. The number of hydrogen-bond donors (Lipinski definition) is 4. The minimum atomic E-state index is -0.617. The van der Waals surface area contributed by atoms with Crippen molar-refractivity contribution in [1.29, 1.82) is 0 Å². The number of nitrogens with zero attached hydrogens (tertiary/aromatic N) is 2. The highest BCUT2D eigenvalue weighted by Gasteiger charge is 2.39. The largest absolute Gasteiger partial charge is 0.392 e. The summed E-state index contributed by atoms with van der Waals surface area (Å²) in [5.74, 6) is -0.0641. The number of aliphatic hydroxyl groups is 1. The summed E-state index contributed by atoms with van der Waals surface area (Å²) in [6.45, 7) is 6.33. The first-order chi connectivity index (χ1) is 26.2. The fourth-order valence-electron chi connectivity index (χ4n) is 7.71. The van der Waals surface area contributed by atoms with E-state index in [9.17, 15) is 19.5 Å². The summed E-state index contributed by atoms with van der Waals surface area (Å²) in [7, 11) is 0. The number of piperidine rings is 1. The number of aromatic amines is 1. The molecule has 0 spiro atoms. The minimum absolute atomic E-state index is 0.0236. The molecule has 1 aromatic heterocycles. The molecule has 0 saturated carbocycles. The first-order valence-electron chi connectivity index (χ1n) is 18.9. The van der Waals surface area contributed by atoms with Crippen LogP contribution < -0.4 is 16.3 Å². The van der Waals surface area contributed by atoms with Crippen LogP contribution in [0.2, 0.25) is 0 Å². The summed E-state index contributed by atoms with van der Waals surface area (Å²) < 4.78 is 15.3. The van der Waals surface area contributed by atoms with Crippen molar-refractivity contribution in [3.8, 4) is 0 Å². The van der Waals surface area contributed by atoms with E-state index in [2.05, 4.69) is 27.4 Å². The number of benzene rings is 4. The van der Waals surface area contributed by atoms with Crippen LogP contribution in [0.1, 0.15) is 72.9 Å². The van der Waals surface area contributed by atoms with E-state index >= 15 is 0 Å². The topological polar surface area (TPSA) is 138 Å². The first-order valence-corrected chi connectivity index (χ1v) is 18.9. The predicted molar refractivity (Wildman–Crippen MR) is 207 cm³/mol. The summed E-state index contributed by atoms with van der Waals surface area (Å²) in [5.41, 5.74) is 6.37. The summed E-state index contributed by atoms with van der Waals surface area (Å²) in [6.07, 6.45) is 1.18. The lowest BCUT2D eigenvalue weighted by molar-refractivity contribution is -0.276. The molecule has 0 bridgehead atoms. The molecule has 0 radical (unpaired) electrons. The predicted octanol–water partition coefficient (Wildman–Crippen LogP) is 5.95. The molecular weight excluding hydrogens is 683 g/mol. The number of carbonyl (C=O) groups is 2. The molecule has 4 aromatic carbocycles. The number of likely N-dealkylation sites (tertiary alicyclic amines) is 1. The number of aromatic nitrogens is 2. The van der Waals surface area contributed by atoms with E-state index < -0.39 is 18.4 Å². The molecule has 0 aliphatic carbocycles. The van der Waals surface area contributed by atoms with Crippen LogP contribution in [-0.2, 0) is 33.8 Å². The third-order valence-electron chi connectivity index (χ3n) is 10.9. The number of rotatable bonds is 12. The summed E-state index contributed by atoms with van der Waals surface area (Å²) in [5, 5.41) is 15.3. The van der Waals surface area contributed by atoms with Gasteiger partial charge in [-0.1, -0.05) is 97.9 Å². The van der Waals surface area contributed by atoms with Gasteiger partial charge in [0, 0.05) is 43.7 Å². The van der Waals surface area contributed by atoms with Gasteiger partial charge in [0.1, 0.15) is 0 Å². The maximum Gasteiger partial charge on any atom is 0.326 e. The monoisotopic (exact) mass is 731 g/mol. The molecule has 2 saturated heterocycles. The van der Waals surface area contributed by atoms with Gasteiger partial charge in [-0.25, -0.2) is 9.59 Å². The second-order valence-electron chi connectivity index (χ2n) is 14.6. The van der Waals surface area contributed by atoms with Crippen molar-refractivity contribution in [2.45, 2.75) is 76.8 Å². The highest BCUT2D eigenvalue weighted by Crippen LogP contribution is 2.42. The molecule has 3 heterocycles. The van der Waals surface area contributed by atoms with Gasteiger partial charge in [-0.05, 0) is 60.6 Å². The molecular formula is C43H49N5O6. The molecule has 11 heteroatoms. The number of ether oxygens (including phenoxy) is 2. The SMILES string of the molecule is CC(=O)C(Cc1ccccc1)NC(=O)NCc1ccc(C2OC(CN3CCC(n4c(=O)[nH]c5ccccc54)CC3)C(C)C(c3ccc(CO)cc3)O2)cc1. The van der Waals surface area contributed by atoms with Gasteiger partial charge in [-0.3, -0.25) is 9.36 Å². The number of amides is 2. The summed E-state index contributed by atoms with van der Waals surface area (Å²) in [6, 6.07) is 32.3. The van der Waals surface area contributed by atoms with Gasteiger partial charge in [-0.15, -0.1) is 0 Å². The van der Waals surface area contributed by atoms with Crippen LogP contribution in [0.25, 0.3) is 11.0 Å². The van der Waals surface area contributed by atoms with Crippen LogP contribution in [0, 0.1) is 5.92 Å². The Bertz CT molecular complexity index is 2070. The molecule has 282 valence electrons. The zero-order valence-corrected chi connectivity index (χ0v) is 30.8. The smallest absolute Gasteiger partial charge is 0.326 e. The van der Waals surface area contributed by atoms with Crippen LogP contribution in [0.5, 0.6) is 0 Å². The van der Waals surface area contributed by atoms with Gasteiger partial charge in [0.15, 0.2) is 12.1 Å². The second-order valence-corrected chi connectivity index (χ2v) is 14.6. The Hall–Kier alpha value is -5.07. The average molecular weight is 732 g/mol. The van der Waals surface area contributed by atoms with Crippen LogP contribution >= 0.6 is 0 Å². The van der Waals surface area contributed by atoms with Crippen molar-refractivity contribution in [2.24, 2.45) is 5.92 Å².